The molecule has 0 bridgehead atoms. The number of carbonyl (C=O) groups excluding carboxylic acids is 2. The van der Waals surface area contributed by atoms with E-state index in [1.165, 1.54) is 4.90 Å². The highest BCUT2D eigenvalue weighted by molar-refractivity contribution is 7.99. The molecule has 1 aliphatic heterocycles. The Labute approximate surface area is 151 Å². The number of hydrogen-bond donors (Lipinski definition) is 1. The van der Waals surface area contributed by atoms with E-state index >= 15 is 0 Å². The van der Waals surface area contributed by atoms with E-state index in [4.69, 9.17) is 0 Å². The van der Waals surface area contributed by atoms with Crippen LogP contribution in [0.2, 0.25) is 0 Å². The van der Waals surface area contributed by atoms with Gasteiger partial charge in [0.25, 0.3) is 0 Å². The summed E-state index contributed by atoms with van der Waals surface area (Å²) in [5.41, 5.74) is 1.05. The van der Waals surface area contributed by atoms with E-state index in [1.54, 1.807) is 18.0 Å². The number of nitrogens with one attached hydrogen (secondary N) is 1. The first-order chi connectivity index (χ1) is 12.2. The Morgan fingerprint density at radius 3 is 2.68 bits per heavy atom. The van der Waals surface area contributed by atoms with Crippen LogP contribution in [0.4, 0.5) is 4.79 Å². The highest BCUT2D eigenvalue weighted by atomic mass is 32.2. The maximum Gasteiger partial charge on any atom is 0.324 e. The van der Waals surface area contributed by atoms with Crippen LogP contribution in [0, 0.1) is 0 Å². The molecule has 1 aromatic carbocycles. The second-order valence-electron chi connectivity index (χ2n) is 5.92. The molecule has 3 rings (SSSR count). The van der Waals surface area contributed by atoms with Gasteiger partial charge in [-0.05, 0) is 24.1 Å². The number of nitrogens with zero attached hydrogens (tertiary/aromatic N) is 2. The third kappa shape index (κ3) is 4.20. The van der Waals surface area contributed by atoms with Crippen LogP contribution in [0.15, 0.2) is 59.8 Å². The van der Waals surface area contributed by atoms with Gasteiger partial charge in [-0.3, -0.25) is 9.69 Å². The van der Waals surface area contributed by atoms with Crippen LogP contribution in [0.1, 0.15) is 31.4 Å². The van der Waals surface area contributed by atoms with Crippen LogP contribution < -0.4 is 5.32 Å². The Morgan fingerprint density at radius 1 is 1.28 bits per heavy atom. The van der Waals surface area contributed by atoms with Gasteiger partial charge in [0, 0.05) is 18.4 Å². The first-order valence-electron chi connectivity index (χ1n) is 8.40. The molecule has 0 saturated carbocycles. The quantitative estimate of drug-likeness (QED) is 0.635. The lowest BCUT2D eigenvalue weighted by Gasteiger charge is -2.39. The zero-order chi connectivity index (χ0) is 17.6. The van der Waals surface area contributed by atoms with Crippen molar-refractivity contribution in [2.24, 2.45) is 0 Å². The van der Waals surface area contributed by atoms with E-state index in [-0.39, 0.29) is 24.0 Å². The van der Waals surface area contributed by atoms with Gasteiger partial charge in [0.15, 0.2) is 0 Å². The zero-order valence-electron chi connectivity index (χ0n) is 14.1. The van der Waals surface area contributed by atoms with E-state index in [0.717, 1.165) is 17.0 Å². The topological polar surface area (TPSA) is 62.3 Å². The molecule has 25 heavy (non-hydrogen) atoms. The van der Waals surface area contributed by atoms with E-state index in [1.807, 2.05) is 55.5 Å². The van der Waals surface area contributed by atoms with E-state index in [0.29, 0.717) is 12.2 Å². The Kier molecular flexibility index (Phi) is 5.71. The number of carbonyl (C=O) groups is 2. The molecule has 2 aromatic rings. The van der Waals surface area contributed by atoms with Gasteiger partial charge in [-0.25, -0.2) is 9.78 Å². The Bertz CT molecular complexity index is 724. The SMILES string of the molecule is CC[C@@H](NC(=O)N1C(=O)CC1CSc1ccccn1)c1ccccc1. The summed E-state index contributed by atoms with van der Waals surface area (Å²) in [4.78, 5) is 30.1. The van der Waals surface area contributed by atoms with Crippen LogP contribution in [-0.4, -0.2) is 33.6 Å². The summed E-state index contributed by atoms with van der Waals surface area (Å²) in [5, 5.41) is 3.89. The predicted molar refractivity (Wildman–Crippen MR) is 98.2 cm³/mol. The summed E-state index contributed by atoms with van der Waals surface area (Å²) < 4.78 is 0. The number of hydrogen-bond acceptors (Lipinski definition) is 4. The second kappa shape index (κ2) is 8.16. The van der Waals surface area contributed by atoms with Crippen molar-refractivity contribution in [1.29, 1.82) is 0 Å². The lowest BCUT2D eigenvalue weighted by molar-refractivity contribution is -0.139. The fourth-order valence-electron chi connectivity index (χ4n) is 2.83. The number of β-lactam (4-membered cyclic amide) rings is 1. The molecule has 5 nitrogen and oxygen atoms in total. The number of aromatic nitrogens is 1. The van der Waals surface area contributed by atoms with Crippen molar-refractivity contribution >= 4 is 23.7 Å². The average Bonchev–Trinajstić information content (AvgIpc) is 2.64. The summed E-state index contributed by atoms with van der Waals surface area (Å²) in [6.45, 7) is 2.02. The van der Waals surface area contributed by atoms with Gasteiger partial charge in [-0.15, -0.1) is 11.8 Å². The van der Waals surface area contributed by atoms with Crippen LogP contribution in [0.3, 0.4) is 0 Å². The Morgan fingerprint density at radius 2 is 2.04 bits per heavy atom. The van der Waals surface area contributed by atoms with Crippen molar-refractivity contribution in [2.45, 2.75) is 36.9 Å². The molecule has 1 unspecified atom stereocenters. The molecular weight excluding hydrogens is 334 g/mol. The maximum absolute atomic E-state index is 12.6. The van der Waals surface area contributed by atoms with Crippen molar-refractivity contribution in [3.63, 3.8) is 0 Å². The first-order valence-corrected chi connectivity index (χ1v) is 9.39. The normalized spacial score (nSPS) is 17.7. The number of imide groups is 1. The van der Waals surface area contributed by atoms with Gasteiger partial charge in [0.05, 0.1) is 17.1 Å². The molecule has 3 amide bonds. The van der Waals surface area contributed by atoms with Crippen molar-refractivity contribution in [3.8, 4) is 0 Å². The van der Waals surface area contributed by atoms with Crippen LogP contribution in [0.25, 0.3) is 0 Å². The molecule has 0 spiro atoms. The largest absolute Gasteiger partial charge is 0.331 e. The molecule has 2 heterocycles. The Balaban J connectivity index is 1.59. The molecule has 1 N–H and O–H groups in total. The number of rotatable bonds is 6. The standard InChI is InChI=1S/C19H21N3O2S/c1-2-16(14-8-4-3-5-9-14)21-19(24)22-15(12-18(22)23)13-25-17-10-6-7-11-20-17/h3-11,15-16H,2,12-13H2,1H3,(H,21,24)/t15?,16-/m1/s1. The molecule has 2 atom stereocenters. The summed E-state index contributed by atoms with van der Waals surface area (Å²) in [7, 11) is 0. The van der Waals surface area contributed by atoms with Crippen molar-refractivity contribution in [3.05, 3.63) is 60.3 Å². The fraction of sp³-hybridized carbons (Fsp3) is 0.316. The van der Waals surface area contributed by atoms with Crippen LogP contribution >= 0.6 is 11.8 Å². The second-order valence-corrected chi connectivity index (χ2v) is 6.96. The van der Waals surface area contributed by atoms with Crippen LogP contribution in [-0.2, 0) is 4.79 Å². The average molecular weight is 355 g/mol. The van der Waals surface area contributed by atoms with E-state index in [9.17, 15) is 9.59 Å². The molecule has 0 radical (unpaired) electrons. The van der Waals surface area contributed by atoms with Crippen molar-refractivity contribution < 1.29 is 9.59 Å². The van der Waals surface area contributed by atoms with Gasteiger partial charge in [0.1, 0.15) is 0 Å². The maximum atomic E-state index is 12.6. The first kappa shape index (κ1) is 17.5. The fourth-order valence-corrected chi connectivity index (χ4v) is 3.77. The minimum absolute atomic E-state index is 0.0761. The number of thioether (sulfide) groups is 1. The molecule has 1 aromatic heterocycles. The van der Waals surface area contributed by atoms with E-state index < -0.39 is 0 Å². The molecule has 1 fully saturated rings. The summed E-state index contributed by atoms with van der Waals surface area (Å²) in [5.74, 6) is 0.546. The molecule has 0 aliphatic carbocycles. The smallest absolute Gasteiger partial charge is 0.324 e. The van der Waals surface area contributed by atoms with Crippen molar-refractivity contribution in [1.82, 2.24) is 15.2 Å². The predicted octanol–water partition coefficient (Wildman–Crippen LogP) is 3.64. The number of benzene rings is 1. The number of amides is 3. The number of urea groups is 1. The van der Waals surface area contributed by atoms with Crippen molar-refractivity contribution in [2.75, 3.05) is 5.75 Å². The van der Waals surface area contributed by atoms with Gasteiger partial charge >= 0.3 is 6.03 Å². The minimum atomic E-state index is -0.307. The summed E-state index contributed by atoms with van der Waals surface area (Å²) >= 11 is 1.56. The van der Waals surface area contributed by atoms with Gasteiger partial charge in [-0.1, -0.05) is 43.3 Å². The summed E-state index contributed by atoms with van der Waals surface area (Å²) in [6.07, 6.45) is 2.92. The highest BCUT2D eigenvalue weighted by Crippen LogP contribution is 2.27. The zero-order valence-corrected chi connectivity index (χ0v) is 14.9. The number of likely N-dealkylation sites (tertiary alicyclic amines) is 1. The van der Waals surface area contributed by atoms with Gasteiger partial charge in [0.2, 0.25) is 5.91 Å². The molecular formula is C19H21N3O2S. The Hall–Kier alpha value is -2.34. The van der Waals surface area contributed by atoms with E-state index in [2.05, 4.69) is 10.3 Å². The minimum Gasteiger partial charge on any atom is -0.331 e. The lowest BCUT2D eigenvalue weighted by atomic mass is 10.0. The van der Waals surface area contributed by atoms with Gasteiger partial charge < -0.3 is 5.32 Å². The van der Waals surface area contributed by atoms with Crippen LogP contribution in [0.5, 0.6) is 0 Å². The molecule has 1 aliphatic rings. The summed E-state index contributed by atoms with van der Waals surface area (Å²) in [6, 6.07) is 15.1. The highest BCUT2D eigenvalue weighted by Gasteiger charge is 2.41. The molecule has 6 heteroatoms. The molecule has 1 saturated heterocycles. The third-order valence-electron chi connectivity index (χ3n) is 4.23. The third-order valence-corrected chi connectivity index (χ3v) is 5.32. The molecule has 130 valence electrons. The lowest BCUT2D eigenvalue weighted by Crippen LogP contribution is -2.60. The van der Waals surface area contributed by atoms with Gasteiger partial charge in [-0.2, -0.15) is 0 Å². The monoisotopic (exact) mass is 355 g/mol. The number of pyridine rings is 1.